The number of methoxy groups -OCH3 is 1. The van der Waals surface area contributed by atoms with Crippen LogP contribution in [-0.4, -0.2) is 74.8 Å². The summed E-state index contributed by atoms with van der Waals surface area (Å²) in [4.78, 5) is 14.1. The molecule has 2 fully saturated rings. The molecule has 7 nitrogen and oxygen atoms in total. The number of nitrogens with zero attached hydrogens (tertiary/aromatic N) is 4. The Balaban J connectivity index is 1.30. The van der Waals surface area contributed by atoms with Gasteiger partial charge >= 0.3 is 0 Å². The van der Waals surface area contributed by atoms with Crippen LogP contribution in [0, 0.1) is 5.41 Å². The van der Waals surface area contributed by atoms with E-state index in [1.807, 2.05) is 24.3 Å². The Morgan fingerprint density at radius 2 is 1.67 bits per heavy atom. The van der Waals surface area contributed by atoms with Crippen LogP contribution in [0.15, 0.2) is 48.7 Å². The molecule has 0 amide bonds. The van der Waals surface area contributed by atoms with Gasteiger partial charge in [0.25, 0.3) is 0 Å². The standard InChI is InChI=1S/C30H40ClN6OP/c1-36-16-12-30(13-17-36)14-18-37(19-15-30)22-10-11-24(26(20-22)38-2)34-29-32-21-23(31)28(35-29)33-25-8-6-7-9-27(25)39(3,4)5/h6-11,20-21H,3,12-19H2,1-2,4-5H3,(H2,32,33,34,35). The van der Waals surface area contributed by atoms with E-state index < -0.39 is 6.89 Å². The van der Waals surface area contributed by atoms with E-state index in [0.29, 0.717) is 22.2 Å². The fourth-order valence-electron chi connectivity index (χ4n) is 5.68. The van der Waals surface area contributed by atoms with Crippen LogP contribution in [0.5, 0.6) is 5.75 Å². The largest absolute Gasteiger partial charge is 0.494 e. The van der Waals surface area contributed by atoms with Crippen LogP contribution in [0.2, 0.25) is 5.02 Å². The highest BCUT2D eigenvalue weighted by Gasteiger charge is 2.36. The van der Waals surface area contributed by atoms with Crippen LogP contribution in [0.4, 0.5) is 28.8 Å². The molecule has 0 atom stereocenters. The highest BCUT2D eigenvalue weighted by Crippen LogP contribution is 2.43. The van der Waals surface area contributed by atoms with Crippen molar-refractivity contribution in [3.05, 3.63) is 53.7 Å². The van der Waals surface area contributed by atoms with E-state index in [1.165, 1.54) is 49.8 Å². The fraction of sp³-hybridized carbons (Fsp3) is 0.433. The molecule has 9 heteroatoms. The Labute approximate surface area is 237 Å². The molecule has 0 radical (unpaired) electrons. The molecule has 0 unspecified atom stereocenters. The van der Waals surface area contributed by atoms with Gasteiger partial charge in [0.2, 0.25) is 5.95 Å². The maximum absolute atomic E-state index is 6.49. The Kier molecular flexibility index (Phi) is 8.14. The van der Waals surface area contributed by atoms with E-state index in [0.717, 1.165) is 30.2 Å². The minimum absolute atomic E-state index is 0.441. The first-order valence-electron chi connectivity index (χ1n) is 13.6. The molecule has 1 aromatic heterocycles. The van der Waals surface area contributed by atoms with Crippen molar-refractivity contribution in [3.63, 3.8) is 0 Å². The normalized spacial score (nSPS) is 17.7. The summed E-state index contributed by atoms with van der Waals surface area (Å²) in [6.07, 6.45) is 11.2. The predicted molar refractivity (Wildman–Crippen MR) is 169 cm³/mol. The lowest BCUT2D eigenvalue weighted by atomic mass is 9.71. The topological polar surface area (TPSA) is 65.6 Å². The van der Waals surface area contributed by atoms with Gasteiger partial charge in [0.05, 0.1) is 19.0 Å². The maximum atomic E-state index is 6.49. The molecular formula is C30H40ClN6OP. The Hall–Kier alpha value is -2.73. The third-order valence-electron chi connectivity index (χ3n) is 8.22. The van der Waals surface area contributed by atoms with Gasteiger partial charge in [-0.15, -0.1) is 0 Å². The molecule has 0 saturated carbocycles. The summed E-state index contributed by atoms with van der Waals surface area (Å²) in [7, 11) is 3.94. The van der Waals surface area contributed by atoms with Crippen molar-refractivity contribution >= 4 is 58.9 Å². The van der Waals surface area contributed by atoms with Crippen molar-refractivity contribution < 1.29 is 4.74 Å². The number of ether oxygens (including phenoxy) is 1. The lowest BCUT2D eigenvalue weighted by Crippen LogP contribution is -2.46. The third kappa shape index (κ3) is 6.37. The quantitative estimate of drug-likeness (QED) is 0.327. The zero-order chi connectivity index (χ0) is 27.6. The van der Waals surface area contributed by atoms with Crippen molar-refractivity contribution in [3.8, 4) is 5.75 Å². The number of para-hydroxylation sites is 1. The Morgan fingerprint density at radius 3 is 2.36 bits per heavy atom. The molecule has 39 heavy (non-hydrogen) atoms. The summed E-state index contributed by atoms with van der Waals surface area (Å²) in [6, 6.07) is 14.5. The van der Waals surface area contributed by atoms with E-state index in [9.17, 15) is 0 Å². The highest BCUT2D eigenvalue weighted by atomic mass is 35.5. The summed E-state index contributed by atoms with van der Waals surface area (Å²) in [5, 5.41) is 8.37. The average molecular weight is 567 g/mol. The van der Waals surface area contributed by atoms with Crippen LogP contribution in [0.3, 0.4) is 0 Å². The predicted octanol–water partition coefficient (Wildman–Crippen LogP) is 6.27. The molecule has 208 valence electrons. The van der Waals surface area contributed by atoms with E-state index in [4.69, 9.17) is 16.3 Å². The third-order valence-corrected chi connectivity index (χ3v) is 10.2. The molecule has 2 N–H and O–H groups in total. The first-order chi connectivity index (χ1) is 18.7. The van der Waals surface area contributed by atoms with Gasteiger partial charge in [0, 0.05) is 30.5 Å². The number of aromatic nitrogens is 2. The van der Waals surface area contributed by atoms with Crippen LogP contribution in [0.1, 0.15) is 25.7 Å². The minimum atomic E-state index is -1.50. The average Bonchev–Trinajstić information content (AvgIpc) is 2.93. The van der Waals surface area contributed by atoms with Crippen LogP contribution >= 0.6 is 18.5 Å². The van der Waals surface area contributed by atoms with Gasteiger partial charge in [0.1, 0.15) is 10.8 Å². The van der Waals surface area contributed by atoms with Gasteiger partial charge in [-0.05, 0) is 88.1 Å². The van der Waals surface area contributed by atoms with Crippen molar-refractivity contribution in [1.29, 1.82) is 0 Å². The maximum Gasteiger partial charge on any atom is 0.229 e. The molecule has 2 aliphatic heterocycles. The van der Waals surface area contributed by atoms with Crippen molar-refractivity contribution in [2.75, 3.05) is 69.2 Å². The van der Waals surface area contributed by atoms with Crippen molar-refractivity contribution in [2.24, 2.45) is 5.41 Å². The minimum Gasteiger partial charge on any atom is -0.494 e. The Morgan fingerprint density at radius 1 is 0.974 bits per heavy atom. The zero-order valence-corrected chi connectivity index (χ0v) is 25.2. The lowest BCUT2D eigenvalue weighted by molar-refractivity contribution is 0.0945. The molecule has 2 aromatic carbocycles. The monoisotopic (exact) mass is 566 g/mol. The molecule has 1 spiro atoms. The number of benzene rings is 2. The second-order valence-corrected chi connectivity index (χ2v) is 15.8. The molecule has 0 bridgehead atoms. The number of rotatable bonds is 7. The Bertz CT molecular complexity index is 1360. The smallest absolute Gasteiger partial charge is 0.229 e. The summed E-state index contributed by atoms with van der Waals surface area (Å²) in [5.41, 5.74) is 3.49. The van der Waals surface area contributed by atoms with Gasteiger partial charge in [-0.2, -0.15) is 4.98 Å². The van der Waals surface area contributed by atoms with Crippen LogP contribution in [0.25, 0.3) is 0 Å². The number of piperidine rings is 2. The first-order valence-corrected chi connectivity index (χ1v) is 16.9. The fourth-order valence-corrected chi connectivity index (χ4v) is 7.09. The van der Waals surface area contributed by atoms with Gasteiger partial charge in [-0.25, -0.2) is 4.98 Å². The summed E-state index contributed by atoms with van der Waals surface area (Å²) < 4.78 is 5.78. The van der Waals surface area contributed by atoms with Crippen molar-refractivity contribution in [2.45, 2.75) is 25.7 Å². The number of hydrogen-bond donors (Lipinski definition) is 2. The second-order valence-electron chi connectivity index (χ2n) is 11.5. The van der Waals surface area contributed by atoms with Gasteiger partial charge in [-0.1, -0.05) is 43.0 Å². The van der Waals surface area contributed by atoms with Crippen molar-refractivity contribution in [1.82, 2.24) is 14.9 Å². The number of hydrogen-bond acceptors (Lipinski definition) is 7. The molecule has 3 aromatic rings. The van der Waals surface area contributed by atoms with Gasteiger partial charge < -0.3 is 25.2 Å². The number of anilines is 5. The van der Waals surface area contributed by atoms with Crippen LogP contribution < -0.4 is 25.6 Å². The van der Waals surface area contributed by atoms with E-state index in [2.05, 4.69) is 75.3 Å². The molecule has 2 aliphatic rings. The molecule has 3 heterocycles. The SMILES string of the molecule is C=P(C)(C)c1ccccc1Nc1nc(Nc2ccc(N3CCC4(CCN(C)CC4)CC3)cc2OC)ncc1Cl. The van der Waals surface area contributed by atoms with Gasteiger partial charge in [0.15, 0.2) is 5.82 Å². The molecule has 2 saturated heterocycles. The summed E-state index contributed by atoms with van der Waals surface area (Å²) in [6.45, 7) is 7.49. The van der Waals surface area contributed by atoms with E-state index in [-0.39, 0.29) is 0 Å². The highest BCUT2D eigenvalue weighted by molar-refractivity contribution is 7.79. The second kappa shape index (κ2) is 11.4. The molecular weight excluding hydrogens is 527 g/mol. The summed E-state index contributed by atoms with van der Waals surface area (Å²) in [5.74, 6) is 1.74. The first kappa shape index (κ1) is 27.8. The number of nitrogens with one attached hydrogen (secondary N) is 2. The van der Waals surface area contributed by atoms with E-state index >= 15 is 0 Å². The van der Waals surface area contributed by atoms with Gasteiger partial charge in [-0.3, -0.25) is 0 Å². The molecule has 5 rings (SSSR count). The molecule has 0 aliphatic carbocycles. The zero-order valence-electron chi connectivity index (χ0n) is 23.5. The summed E-state index contributed by atoms with van der Waals surface area (Å²) >= 11 is 6.49. The number of likely N-dealkylation sites (tertiary alicyclic amines) is 1. The van der Waals surface area contributed by atoms with Crippen LogP contribution in [-0.2, 0) is 0 Å². The lowest BCUT2D eigenvalue weighted by Gasteiger charge is -2.47. The number of halogens is 1. The van der Waals surface area contributed by atoms with E-state index in [1.54, 1.807) is 13.3 Å².